The molecule has 1 saturated carbocycles. The summed E-state index contributed by atoms with van der Waals surface area (Å²) in [6.07, 6.45) is 3.22. The second-order valence-corrected chi connectivity index (χ2v) is 7.27. The smallest absolute Gasteiger partial charge is 0.238 e. The van der Waals surface area contributed by atoms with Crippen molar-refractivity contribution in [1.82, 2.24) is 0 Å². The molecule has 0 radical (unpaired) electrons. The highest BCUT2D eigenvalue weighted by atomic mass is 35.5. The molecule has 2 rings (SSSR count). The molecule has 5 N–H and O–H groups in total. The van der Waals surface area contributed by atoms with Gasteiger partial charge in [-0.3, -0.25) is 4.79 Å². The van der Waals surface area contributed by atoms with Gasteiger partial charge in [0.2, 0.25) is 15.9 Å². The van der Waals surface area contributed by atoms with E-state index in [9.17, 15) is 13.2 Å². The molecule has 2 atom stereocenters. The Morgan fingerprint density at radius 3 is 2.67 bits per heavy atom. The Morgan fingerprint density at radius 1 is 1.33 bits per heavy atom. The molecule has 1 aromatic carbocycles. The number of benzene rings is 1. The lowest BCUT2D eigenvalue weighted by atomic mass is 9.85. The third kappa shape index (κ3) is 4.16. The fourth-order valence-electron chi connectivity index (χ4n) is 2.48. The molecule has 1 fully saturated rings. The fraction of sp³-hybridized carbons (Fsp3) is 0.462. The van der Waals surface area contributed by atoms with Gasteiger partial charge in [-0.2, -0.15) is 0 Å². The van der Waals surface area contributed by atoms with Crippen LogP contribution in [0.25, 0.3) is 0 Å². The average Bonchev–Trinajstić information content (AvgIpc) is 2.40. The van der Waals surface area contributed by atoms with Gasteiger partial charge < -0.3 is 11.1 Å². The van der Waals surface area contributed by atoms with Crippen LogP contribution in [0.5, 0.6) is 0 Å². The molecular formula is C13H18ClN3O3S. The van der Waals surface area contributed by atoms with Crippen molar-refractivity contribution in [1.29, 1.82) is 0 Å². The van der Waals surface area contributed by atoms with E-state index < -0.39 is 10.0 Å². The summed E-state index contributed by atoms with van der Waals surface area (Å²) in [4.78, 5) is 12.1. The standard InChI is InChI=1S/C13H18ClN3O3S/c14-11-5-4-10(21(16,19)20)7-12(11)17-13(18)8-2-1-3-9(15)6-8/h4-5,7-9H,1-3,6,15H2,(H,17,18)(H2,16,19,20). The summed E-state index contributed by atoms with van der Waals surface area (Å²) in [5.41, 5.74) is 6.11. The van der Waals surface area contributed by atoms with Crippen LogP contribution in [0.1, 0.15) is 25.7 Å². The zero-order valence-corrected chi connectivity index (χ0v) is 13.0. The third-order valence-corrected chi connectivity index (χ3v) is 4.85. The van der Waals surface area contributed by atoms with Crippen LogP contribution in [0.2, 0.25) is 5.02 Å². The lowest BCUT2D eigenvalue weighted by Crippen LogP contribution is -2.34. The molecular weight excluding hydrogens is 314 g/mol. The summed E-state index contributed by atoms with van der Waals surface area (Å²) >= 11 is 5.98. The maximum Gasteiger partial charge on any atom is 0.238 e. The monoisotopic (exact) mass is 331 g/mol. The first-order valence-electron chi connectivity index (χ1n) is 6.66. The van der Waals surface area contributed by atoms with Gasteiger partial charge in [-0.15, -0.1) is 0 Å². The Labute approximate surface area is 128 Å². The van der Waals surface area contributed by atoms with Gasteiger partial charge in [-0.25, -0.2) is 13.6 Å². The van der Waals surface area contributed by atoms with Crippen molar-refractivity contribution in [2.75, 3.05) is 5.32 Å². The van der Waals surface area contributed by atoms with Crippen molar-refractivity contribution in [2.45, 2.75) is 36.6 Å². The lowest BCUT2D eigenvalue weighted by Gasteiger charge is -2.25. The number of anilines is 1. The molecule has 1 aliphatic rings. The van der Waals surface area contributed by atoms with Gasteiger partial charge in [0.25, 0.3) is 0 Å². The van der Waals surface area contributed by atoms with Gasteiger partial charge in [-0.1, -0.05) is 18.0 Å². The first kappa shape index (κ1) is 16.2. The quantitative estimate of drug-likeness (QED) is 0.777. The van der Waals surface area contributed by atoms with Gasteiger partial charge in [-0.05, 0) is 37.5 Å². The van der Waals surface area contributed by atoms with E-state index in [2.05, 4.69) is 5.32 Å². The predicted octanol–water partition coefficient (Wildman–Crippen LogP) is 1.44. The van der Waals surface area contributed by atoms with E-state index >= 15 is 0 Å². The summed E-state index contributed by atoms with van der Waals surface area (Å²) in [5.74, 6) is -0.374. The molecule has 6 nitrogen and oxygen atoms in total. The van der Waals surface area contributed by atoms with Crippen LogP contribution >= 0.6 is 11.6 Å². The minimum absolute atomic E-state index is 0.0284. The first-order valence-corrected chi connectivity index (χ1v) is 8.58. The zero-order valence-electron chi connectivity index (χ0n) is 11.4. The van der Waals surface area contributed by atoms with Crippen LogP contribution in [-0.4, -0.2) is 20.4 Å². The Balaban J connectivity index is 2.17. The van der Waals surface area contributed by atoms with E-state index in [1.165, 1.54) is 18.2 Å². The molecule has 0 saturated heterocycles. The number of amides is 1. The largest absolute Gasteiger partial charge is 0.328 e. The van der Waals surface area contributed by atoms with Crippen LogP contribution in [0.4, 0.5) is 5.69 Å². The number of sulfonamides is 1. The van der Waals surface area contributed by atoms with E-state index in [0.29, 0.717) is 6.42 Å². The van der Waals surface area contributed by atoms with Crippen molar-refractivity contribution < 1.29 is 13.2 Å². The molecule has 0 aliphatic heterocycles. The van der Waals surface area contributed by atoms with Crippen molar-refractivity contribution in [3.8, 4) is 0 Å². The van der Waals surface area contributed by atoms with Crippen LogP contribution in [0.3, 0.4) is 0 Å². The fourth-order valence-corrected chi connectivity index (χ4v) is 3.18. The average molecular weight is 332 g/mol. The Bertz CT molecular complexity index is 648. The predicted molar refractivity (Wildman–Crippen MR) is 81.4 cm³/mol. The van der Waals surface area contributed by atoms with Crippen molar-refractivity contribution in [3.05, 3.63) is 23.2 Å². The summed E-state index contributed by atoms with van der Waals surface area (Å²) < 4.78 is 22.7. The van der Waals surface area contributed by atoms with Crippen molar-refractivity contribution in [3.63, 3.8) is 0 Å². The summed E-state index contributed by atoms with van der Waals surface area (Å²) in [7, 11) is -3.84. The van der Waals surface area contributed by atoms with Crippen LogP contribution in [0, 0.1) is 5.92 Å². The molecule has 1 aromatic rings. The maximum absolute atomic E-state index is 12.2. The van der Waals surface area contributed by atoms with Crippen molar-refractivity contribution in [2.24, 2.45) is 16.8 Å². The summed E-state index contributed by atoms with van der Waals surface area (Å²) in [6.45, 7) is 0. The third-order valence-electron chi connectivity index (χ3n) is 3.61. The molecule has 0 bridgehead atoms. The summed E-state index contributed by atoms with van der Waals surface area (Å²) in [6, 6.07) is 3.98. The topological polar surface area (TPSA) is 115 Å². The molecule has 116 valence electrons. The van der Waals surface area contributed by atoms with Gasteiger partial charge in [0, 0.05) is 12.0 Å². The molecule has 21 heavy (non-hydrogen) atoms. The number of hydrogen-bond donors (Lipinski definition) is 3. The van der Waals surface area contributed by atoms with Gasteiger partial charge in [0.05, 0.1) is 15.6 Å². The SMILES string of the molecule is NC1CCCC(C(=O)Nc2cc(S(N)(=O)=O)ccc2Cl)C1. The molecule has 1 aliphatic carbocycles. The van der Waals surface area contributed by atoms with E-state index in [1.54, 1.807) is 0 Å². The number of nitrogens with one attached hydrogen (secondary N) is 1. The normalized spacial score (nSPS) is 22.8. The van der Waals surface area contributed by atoms with Crippen LogP contribution in [-0.2, 0) is 14.8 Å². The Morgan fingerprint density at radius 2 is 2.05 bits per heavy atom. The van der Waals surface area contributed by atoms with Gasteiger partial charge in [0.1, 0.15) is 0 Å². The van der Waals surface area contributed by atoms with Gasteiger partial charge in [0.15, 0.2) is 0 Å². The highest BCUT2D eigenvalue weighted by Gasteiger charge is 2.26. The van der Waals surface area contributed by atoms with Gasteiger partial charge >= 0.3 is 0 Å². The second kappa shape index (κ2) is 6.31. The number of carbonyl (C=O) groups is 1. The van der Waals surface area contributed by atoms with E-state index in [1.807, 2.05) is 0 Å². The van der Waals surface area contributed by atoms with Crippen molar-refractivity contribution >= 4 is 33.2 Å². The minimum atomic E-state index is -3.84. The molecule has 1 amide bonds. The van der Waals surface area contributed by atoms with Crippen LogP contribution in [0.15, 0.2) is 23.1 Å². The highest BCUT2D eigenvalue weighted by molar-refractivity contribution is 7.89. The number of primary sulfonamides is 1. The number of carbonyl (C=O) groups excluding carboxylic acids is 1. The molecule has 8 heteroatoms. The van der Waals surface area contributed by atoms with E-state index in [4.69, 9.17) is 22.5 Å². The summed E-state index contributed by atoms with van der Waals surface area (Å²) in [5, 5.41) is 7.99. The van der Waals surface area contributed by atoms with Crippen LogP contribution < -0.4 is 16.2 Å². The second-order valence-electron chi connectivity index (χ2n) is 5.30. The van der Waals surface area contributed by atoms with E-state index in [-0.39, 0.29) is 33.5 Å². The Kier molecular flexibility index (Phi) is 4.88. The highest BCUT2D eigenvalue weighted by Crippen LogP contribution is 2.28. The molecule has 2 unspecified atom stereocenters. The molecule has 0 heterocycles. The number of nitrogens with two attached hydrogens (primary N) is 2. The molecule has 0 aromatic heterocycles. The maximum atomic E-state index is 12.2. The zero-order chi connectivity index (χ0) is 15.6. The first-order chi connectivity index (χ1) is 9.77. The number of halogens is 1. The van der Waals surface area contributed by atoms with E-state index in [0.717, 1.165) is 19.3 Å². The minimum Gasteiger partial charge on any atom is -0.328 e. The Hall–Kier alpha value is -1.15. The number of hydrogen-bond acceptors (Lipinski definition) is 4. The number of rotatable bonds is 3. The lowest BCUT2D eigenvalue weighted by molar-refractivity contribution is -0.120. The molecule has 0 spiro atoms.